The van der Waals surface area contributed by atoms with Gasteiger partial charge in [0, 0.05) is 18.6 Å². The van der Waals surface area contributed by atoms with Gasteiger partial charge in [0.25, 0.3) is 5.91 Å². The fraction of sp³-hybridized carbons (Fsp3) is 0.286. The SMILES string of the molecule is CSc1ncc(C(=O)NC[C@H](C)Oc2cccnc2)cn1. The van der Waals surface area contributed by atoms with E-state index in [1.807, 2.05) is 19.2 Å². The Morgan fingerprint density at radius 3 is 2.76 bits per heavy atom. The summed E-state index contributed by atoms with van der Waals surface area (Å²) >= 11 is 1.43. The summed E-state index contributed by atoms with van der Waals surface area (Å²) in [6.07, 6.45) is 8.06. The van der Waals surface area contributed by atoms with Gasteiger partial charge in [-0.3, -0.25) is 9.78 Å². The van der Waals surface area contributed by atoms with Gasteiger partial charge in [0.05, 0.1) is 18.3 Å². The van der Waals surface area contributed by atoms with Crippen molar-refractivity contribution >= 4 is 17.7 Å². The lowest BCUT2D eigenvalue weighted by Crippen LogP contribution is -2.33. The van der Waals surface area contributed by atoms with Gasteiger partial charge in [-0.15, -0.1) is 0 Å². The number of nitrogens with zero attached hydrogens (tertiary/aromatic N) is 3. The van der Waals surface area contributed by atoms with Crippen LogP contribution in [0.1, 0.15) is 17.3 Å². The number of thioether (sulfide) groups is 1. The molecule has 6 nitrogen and oxygen atoms in total. The highest BCUT2D eigenvalue weighted by Crippen LogP contribution is 2.09. The largest absolute Gasteiger partial charge is 0.487 e. The first-order valence-electron chi connectivity index (χ1n) is 6.40. The average molecular weight is 304 g/mol. The Labute approximate surface area is 127 Å². The first kappa shape index (κ1) is 15.2. The van der Waals surface area contributed by atoms with Crippen molar-refractivity contribution in [2.45, 2.75) is 18.2 Å². The smallest absolute Gasteiger partial charge is 0.254 e. The number of amides is 1. The third-order valence-corrected chi connectivity index (χ3v) is 3.17. The molecule has 1 N–H and O–H groups in total. The van der Waals surface area contributed by atoms with Gasteiger partial charge < -0.3 is 10.1 Å². The van der Waals surface area contributed by atoms with Crippen molar-refractivity contribution in [3.63, 3.8) is 0 Å². The third-order valence-electron chi connectivity index (χ3n) is 2.59. The highest BCUT2D eigenvalue weighted by atomic mass is 32.2. The first-order valence-corrected chi connectivity index (χ1v) is 7.62. The van der Waals surface area contributed by atoms with E-state index in [0.717, 1.165) is 0 Å². The molecule has 21 heavy (non-hydrogen) atoms. The summed E-state index contributed by atoms with van der Waals surface area (Å²) in [5, 5.41) is 3.42. The number of carbonyl (C=O) groups is 1. The number of aromatic nitrogens is 3. The molecule has 0 fully saturated rings. The van der Waals surface area contributed by atoms with Gasteiger partial charge in [-0.1, -0.05) is 11.8 Å². The average Bonchev–Trinajstić information content (AvgIpc) is 2.53. The fourth-order valence-corrected chi connectivity index (χ4v) is 1.88. The summed E-state index contributed by atoms with van der Waals surface area (Å²) in [4.78, 5) is 24.0. The molecule has 0 spiro atoms. The molecule has 0 aromatic carbocycles. The molecule has 0 aliphatic carbocycles. The summed E-state index contributed by atoms with van der Waals surface area (Å²) in [6.45, 7) is 2.26. The number of pyridine rings is 1. The maximum Gasteiger partial charge on any atom is 0.254 e. The normalized spacial score (nSPS) is 11.7. The van der Waals surface area contributed by atoms with Crippen molar-refractivity contribution < 1.29 is 9.53 Å². The highest BCUT2D eigenvalue weighted by molar-refractivity contribution is 7.98. The second-order valence-electron chi connectivity index (χ2n) is 4.29. The Balaban J connectivity index is 1.82. The van der Waals surface area contributed by atoms with Crippen molar-refractivity contribution in [2.24, 2.45) is 0 Å². The molecule has 110 valence electrons. The number of hydrogen-bond acceptors (Lipinski definition) is 6. The molecule has 1 atom stereocenters. The van der Waals surface area contributed by atoms with Gasteiger partial charge in [-0.2, -0.15) is 0 Å². The third kappa shape index (κ3) is 4.71. The van der Waals surface area contributed by atoms with Crippen molar-refractivity contribution in [3.8, 4) is 5.75 Å². The zero-order valence-electron chi connectivity index (χ0n) is 11.8. The van der Waals surface area contributed by atoms with Crippen LogP contribution in [0, 0.1) is 0 Å². The van der Waals surface area contributed by atoms with Crippen LogP contribution >= 0.6 is 11.8 Å². The van der Waals surface area contributed by atoms with Crippen LogP contribution in [0.2, 0.25) is 0 Å². The Kier molecular flexibility index (Phi) is 5.51. The van der Waals surface area contributed by atoms with Crippen LogP contribution in [0.3, 0.4) is 0 Å². The molecular weight excluding hydrogens is 288 g/mol. The van der Waals surface area contributed by atoms with Crippen LogP contribution < -0.4 is 10.1 Å². The molecule has 0 bridgehead atoms. The second kappa shape index (κ2) is 7.58. The van der Waals surface area contributed by atoms with E-state index in [1.54, 1.807) is 18.5 Å². The van der Waals surface area contributed by atoms with Gasteiger partial charge in [0.15, 0.2) is 5.16 Å². The van der Waals surface area contributed by atoms with Crippen LogP contribution in [0.5, 0.6) is 5.75 Å². The number of carbonyl (C=O) groups excluding carboxylic acids is 1. The van der Waals surface area contributed by atoms with Gasteiger partial charge in [-0.25, -0.2) is 9.97 Å². The minimum Gasteiger partial charge on any atom is -0.487 e. The molecule has 0 saturated heterocycles. The zero-order chi connectivity index (χ0) is 15.1. The lowest BCUT2D eigenvalue weighted by Gasteiger charge is -2.15. The van der Waals surface area contributed by atoms with Crippen LogP contribution in [-0.2, 0) is 0 Å². The molecule has 0 aliphatic heterocycles. The predicted molar refractivity (Wildman–Crippen MR) is 80.5 cm³/mol. The second-order valence-corrected chi connectivity index (χ2v) is 5.06. The van der Waals surface area contributed by atoms with Crippen molar-refractivity contribution in [1.29, 1.82) is 0 Å². The molecule has 2 heterocycles. The summed E-state index contributed by atoms with van der Waals surface area (Å²) in [6, 6.07) is 3.62. The molecule has 0 radical (unpaired) electrons. The van der Waals surface area contributed by atoms with E-state index in [-0.39, 0.29) is 12.0 Å². The van der Waals surface area contributed by atoms with Gasteiger partial charge >= 0.3 is 0 Å². The molecule has 0 saturated carbocycles. The summed E-state index contributed by atoms with van der Waals surface area (Å²) < 4.78 is 5.63. The standard InChI is InChI=1S/C14H16N4O2S/c1-10(20-12-4-3-5-15-9-12)6-16-13(19)11-7-17-14(21-2)18-8-11/h3-5,7-10H,6H2,1-2H3,(H,16,19)/t10-/m0/s1. The monoisotopic (exact) mass is 304 g/mol. The molecule has 2 rings (SSSR count). The molecule has 0 unspecified atom stereocenters. The molecule has 0 aliphatic rings. The van der Waals surface area contributed by atoms with Gasteiger partial charge in [0.2, 0.25) is 0 Å². The van der Waals surface area contributed by atoms with E-state index in [4.69, 9.17) is 4.74 Å². The van der Waals surface area contributed by atoms with Gasteiger partial charge in [-0.05, 0) is 25.3 Å². The molecule has 2 aromatic heterocycles. The van der Waals surface area contributed by atoms with Crippen LogP contribution in [-0.4, -0.2) is 39.8 Å². The lowest BCUT2D eigenvalue weighted by molar-refractivity contribution is 0.0931. The lowest BCUT2D eigenvalue weighted by atomic mass is 10.3. The van der Waals surface area contributed by atoms with Crippen LogP contribution in [0.4, 0.5) is 0 Å². The molecule has 2 aromatic rings. The zero-order valence-corrected chi connectivity index (χ0v) is 12.6. The van der Waals surface area contributed by atoms with Gasteiger partial charge in [0.1, 0.15) is 11.9 Å². The quantitative estimate of drug-likeness (QED) is 0.647. The number of hydrogen-bond donors (Lipinski definition) is 1. The minimum absolute atomic E-state index is 0.162. The maximum absolute atomic E-state index is 11.9. The Morgan fingerprint density at radius 2 is 2.14 bits per heavy atom. The van der Waals surface area contributed by atoms with Crippen molar-refractivity contribution in [3.05, 3.63) is 42.5 Å². The fourth-order valence-electron chi connectivity index (χ4n) is 1.57. The Morgan fingerprint density at radius 1 is 1.38 bits per heavy atom. The Hall–Kier alpha value is -2.15. The topological polar surface area (TPSA) is 77.0 Å². The predicted octanol–water partition coefficient (Wildman–Crippen LogP) is 1.79. The summed E-state index contributed by atoms with van der Waals surface area (Å²) in [7, 11) is 0. The minimum atomic E-state index is -0.218. The van der Waals surface area contributed by atoms with E-state index in [0.29, 0.717) is 23.0 Å². The van der Waals surface area contributed by atoms with E-state index in [9.17, 15) is 4.79 Å². The molecule has 1 amide bonds. The Bertz CT molecular complexity index is 577. The molecular formula is C14H16N4O2S. The highest BCUT2D eigenvalue weighted by Gasteiger charge is 2.10. The van der Waals surface area contributed by atoms with E-state index >= 15 is 0 Å². The van der Waals surface area contributed by atoms with Crippen LogP contribution in [0.25, 0.3) is 0 Å². The maximum atomic E-state index is 11.9. The summed E-state index contributed by atoms with van der Waals surface area (Å²) in [5.41, 5.74) is 0.432. The molecule has 7 heteroatoms. The number of nitrogens with one attached hydrogen (secondary N) is 1. The van der Waals surface area contributed by atoms with Crippen molar-refractivity contribution in [1.82, 2.24) is 20.3 Å². The summed E-state index contributed by atoms with van der Waals surface area (Å²) in [5.74, 6) is 0.455. The van der Waals surface area contributed by atoms with E-state index in [2.05, 4.69) is 20.3 Å². The van der Waals surface area contributed by atoms with E-state index in [1.165, 1.54) is 24.2 Å². The van der Waals surface area contributed by atoms with E-state index < -0.39 is 0 Å². The number of ether oxygens (including phenoxy) is 1. The number of rotatable bonds is 6. The van der Waals surface area contributed by atoms with Crippen molar-refractivity contribution in [2.75, 3.05) is 12.8 Å². The first-order chi connectivity index (χ1) is 10.2. The van der Waals surface area contributed by atoms with Crippen LogP contribution in [0.15, 0.2) is 42.1 Å².